The van der Waals surface area contributed by atoms with Gasteiger partial charge in [0.1, 0.15) is 6.54 Å². The van der Waals surface area contributed by atoms with Crippen LogP contribution in [0.1, 0.15) is 11.1 Å². The molecule has 0 aromatic heterocycles. The summed E-state index contributed by atoms with van der Waals surface area (Å²) in [4.78, 5) is 0. The maximum Gasteiger partial charge on any atom is 0.104 e. The average Bonchev–Trinajstić information content (AvgIpc) is 1.91. The molecule has 0 fully saturated rings. The molecule has 0 spiro atoms. The van der Waals surface area contributed by atoms with Gasteiger partial charge in [0.2, 0.25) is 0 Å². The minimum absolute atomic E-state index is 0. The molecule has 0 aliphatic rings. The van der Waals surface area contributed by atoms with Crippen LogP contribution in [0.2, 0.25) is 0 Å². The third-order valence-electron chi connectivity index (χ3n) is 1.78. The van der Waals surface area contributed by atoms with Crippen LogP contribution in [0.5, 0.6) is 0 Å². The first-order valence-corrected chi connectivity index (χ1v) is 4.33. The van der Waals surface area contributed by atoms with Crippen molar-refractivity contribution in [1.82, 2.24) is 0 Å². The second kappa shape index (κ2) is 6.28. The van der Waals surface area contributed by atoms with Gasteiger partial charge in [-0.25, -0.2) is 0 Å². The van der Waals surface area contributed by atoms with E-state index in [9.17, 15) is 0 Å². The predicted octanol–water partition coefficient (Wildman–Crippen LogP) is -3.79. The van der Waals surface area contributed by atoms with Crippen molar-refractivity contribution in [2.45, 2.75) is 13.5 Å². The molecule has 0 bridgehead atoms. The molecule has 1 nitrogen and oxygen atoms in total. The van der Waals surface area contributed by atoms with Gasteiger partial charge in [-0.3, -0.25) is 0 Å². The Morgan fingerprint density at radius 1 is 0.929 bits per heavy atom. The molecule has 0 amide bonds. The van der Waals surface area contributed by atoms with Crippen LogP contribution in [0.15, 0.2) is 24.3 Å². The average molecular weight is 235 g/mol. The van der Waals surface area contributed by atoms with E-state index < -0.39 is 0 Å². The number of rotatable bonds is 2. The molecule has 14 heavy (non-hydrogen) atoms. The molecule has 0 atom stereocenters. The number of hydrogen-bond donors (Lipinski definition) is 0. The van der Waals surface area contributed by atoms with E-state index in [2.05, 4.69) is 52.3 Å². The molecule has 0 aliphatic heterocycles. The topological polar surface area (TPSA) is 0 Å². The van der Waals surface area contributed by atoms with Crippen LogP contribution in [-0.4, -0.2) is 25.6 Å². The molecule has 0 radical (unpaired) electrons. The number of aryl methyl sites for hydroxylation is 1. The fourth-order valence-electron chi connectivity index (χ4n) is 1.24. The first-order chi connectivity index (χ1) is 5.47. The molecule has 0 heterocycles. The number of halogens is 2. The highest BCUT2D eigenvalue weighted by Gasteiger charge is 2.07. The van der Waals surface area contributed by atoms with Crippen molar-refractivity contribution in [2.75, 3.05) is 21.1 Å². The Labute approximate surface area is 99.5 Å². The number of quaternary nitrogens is 1. The maximum absolute atomic E-state index is 2.21. The van der Waals surface area contributed by atoms with Crippen LogP contribution in [0.3, 0.4) is 0 Å². The minimum atomic E-state index is 0. The Morgan fingerprint density at radius 2 is 1.36 bits per heavy atom. The smallest absolute Gasteiger partial charge is 0.104 e. The van der Waals surface area contributed by atoms with Crippen molar-refractivity contribution >= 4 is 0 Å². The van der Waals surface area contributed by atoms with Crippen molar-refractivity contribution in [3.8, 4) is 0 Å². The zero-order valence-corrected chi connectivity index (χ0v) is 10.7. The lowest BCUT2D eigenvalue weighted by Gasteiger charge is -2.23. The fraction of sp³-hybridized carbons (Fsp3) is 0.455. The van der Waals surface area contributed by atoms with Crippen LogP contribution < -0.4 is 24.8 Å². The summed E-state index contributed by atoms with van der Waals surface area (Å²) in [7, 11) is 6.62. The molecule has 0 aliphatic carbocycles. The van der Waals surface area contributed by atoms with Crippen molar-refractivity contribution in [1.29, 1.82) is 0 Å². The van der Waals surface area contributed by atoms with Gasteiger partial charge in [-0.2, -0.15) is 0 Å². The highest BCUT2D eigenvalue weighted by molar-refractivity contribution is 5.20. The predicted molar refractivity (Wildman–Crippen MR) is 52.9 cm³/mol. The van der Waals surface area contributed by atoms with E-state index in [4.69, 9.17) is 0 Å². The van der Waals surface area contributed by atoms with Gasteiger partial charge in [0, 0.05) is 5.56 Å². The summed E-state index contributed by atoms with van der Waals surface area (Å²) in [6.45, 7) is 3.22. The van der Waals surface area contributed by atoms with Gasteiger partial charge >= 0.3 is 0 Å². The number of benzene rings is 1. The summed E-state index contributed by atoms with van der Waals surface area (Å²) < 4.78 is 0.989. The molecule has 0 saturated heterocycles. The summed E-state index contributed by atoms with van der Waals surface area (Å²) in [6.07, 6.45) is 0. The van der Waals surface area contributed by atoms with Gasteiger partial charge in [-0.1, -0.05) is 29.8 Å². The summed E-state index contributed by atoms with van der Waals surface area (Å²) in [5.41, 5.74) is 2.74. The van der Waals surface area contributed by atoms with Crippen molar-refractivity contribution in [2.24, 2.45) is 0 Å². The Morgan fingerprint density at radius 3 is 1.71 bits per heavy atom. The Bertz CT molecular complexity index is 249. The molecule has 1 aromatic carbocycles. The van der Waals surface area contributed by atoms with E-state index in [1.165, 1.54) is 11.1 Å². The molecule has 3 heteroatoms. The summed E-state index contributed by atoms with van der Waals surface area (Å²) in [6, 6.07) is 8.76. The van der Waals surface area contributed by atoms with Gasteiger partial charge in [-0.15, -0.1) is 0 Å². The Balaban J connectivity index is 0. The van der Waals surface area contributed by atoms with Crippen molar-refractivity contribution < 1.29 is 29.3 Å². The Kier molecular flexibility index (Phi) is 7.27. The highest BCUT2D eigenvalue weighted by Crippen LogP contribution is 2.07. The molecule has 0 N–H and O–H groups in total. The lowest BCUT2D eigenvalue weighted by atomic mass is 10.1. The van der Waals surface area contributed by atoms with Gasteiger partial charge < -0.3 is 29.3 Å². The number of hydrogen-bond acceptors (Lipinski definition) is 0. The van der Waals surface area contributed by atoms with E-state index in [1.807, 2.05) is 0 Å². The minimum Gasteiger partial charge on any atom is -1.00 e. The standard InChI is InChI=1S/C11H18N.2ClH/c1-10-5-7-11(8-6-10)9-12(2,3)4;;/h5-8H,9H2,1-4H3;2*1H/q+1;;/p-2. The molecular weight excluding hydrogens is 217 g/mol. The Hall–Kier alpha value is -0.240. The van der Waals surface area contributed by atoms with Crippen LogP contribution in [-0.2, 0) is 6.54 Å². The largest absolute Gasteiger partial charge is 1.00 e. The lowest BCUT2D eigenvalue weighted by molar-refractivity contribution is -0.884. The van der Waals surface area contributed by atoms with E-state index >= 15 is 0 Å². The van der Waals surface area contributed by atoms with Crippen LogP contribution in [0, 0.1) is 6.92 Å². The van der Waals surface area contributed by atoms with Gasteiger partial charge in [0.05, 0.1) is 21.1 Å². The molecule has 0 unspecified atom stereocenters. The maximum atomic E-state index is 2.21. The quantitative estimate of drug-likeness (QED) is 0.461. The summed E-state index contributed by atoms with van der Waals surface area (Å²) >= 11 is 0. The van der Waals surface area contributed by atoms with Crippen LogP contribution in [0.25, 0.3) is 0 Å². The second-order valence-electron chi connectivity index (χ2n) is 4.43. The second-order valence-corrected chi connectivity index (χ2v) is 4.43. The van der Waals surface area contributed by atoms with E-state index in [1.54, 1.807) is 0 Å². The SMILES string of the molecule is Cc1ccc(C[N+](C)(C)C)cc1.[Cl-].[Cl-]. The molecular formula is C11H18Cl2N-. The zero-order chi connectivity index (χ0) is 9.19. The monoisotopic (exact) mass is 234 g/mol. The molecule has 82 valence electrons. The van der Waals surface area contributed by atoms with Crippen molar-refractivity contribution in [3.05, 3.63) is 35.4 Å². The van der Waals surface area contributed by atoms with Crippen molar-refractivity contribution in [3.63, 3.8) is 0 Å². The summed E-state index contributed by atoms with van der Waals surface area (Å²) in [5, 5.41) is 0. The van der Waals surface area contributed by atoms with E-state index in [-0.39, 0.29) is 24.8 Å². The normalized spacial score (nSPS) is 10.0. The lowest BCUT2D eigenvalue weighted by Crippen LogP contribution is -3.00. The zero-order valence-electron chi connectivity index (χ0n) is 9.22. The molecule has 0 saturated carbocycles. The third kappa shape index (κ3) is 6.25. The third-order valence-corrected chi connectivity index (χ3v) is 1.78. The summed E-state index contributed by atoms with van der Waals surface area (Å²) in [5.74, 6) is 0. The first kappa shape index (κ1) is 16.2. The fourth-order valence-corrected chi connectivity index (χ4v) is 1.24. The molecule has 1 aromatic rings. The van der Waals surface area contributed by atoms with E-state index in [0.717, 1.165) is 11.0 Å². The van der Waals surface area contributed by atoms with Gasteiger partial charge in [0.25, 0.3) is 0 Å². The van der Waals surface area contributed by atoms with Crippen LogP contribution in [0.4, 0.5) is 0 Å². The van der Waals surface area contributed by atoms with Crippen LogP contribution >= 0.6 is 0 Å². The molecule has 1 rings (SSSR count). The number of nitrogens with zero attached hydrogens (tertiary/aromatic N) is 1. The van der Waals surface area contributed by atoms with Gasteiger partial charge in [-0.05, 0) is 6.92 Å². The highest BCUT2D eigenvalue weighted by atomic mass is 35.5. The van der Waals surface area contributed by atoms with E-state index in [0.29, 0.717) is 0 Å². The first-order valence-electron chi connectivity index (χ1n) is 4.33. The van der Waals surface area contributed by atoms with Gasteiger partial charge in [0.15, 0.2) is 0 Å².